The van der Waals surface area contributed by atoms with Crippen molar-refractivity contribution in [3.05, 3.63) is 52.7 Å². The van der Waals surface area contributed by atoms with Gasteiger partial charge in [0, 0.05) is 50.8 Å². The molecule has 1 aliphatic heterocycles. The average molecular weight is 484 g/mol. The highest BCUT2D eigenvalue weighted by Crippen LogP contribution is 2.23. The number of likely N-dealkylation sites (N-methyl/N-ethyl adjacent to an activating group) is 1. The maximum atomic E-state index is 4.45. The van der Waals surface area contributed by atoms with Crippen molar-refractivity contribution < 1.29 is 0 Å². The van der Waals surface area contributed by atoms with E-state index in [9.17, 15) is 0 Å². The largest absolute Gasteiger partial charge is 0.371 e. The molecule has 1 fully saturated rings. The van der Waals surface area contributed by atoms with E-state index in [0.717, 1.165) is 38.6 Å². The van der Waals surface area contributed by atoms with Crippen LogP contribution >= 0.6 is 35.3 Å². The van der Waals surface area contributed by atoms with Crippen LogP contribution in [0.2, 0.25) is 0 Å². The molecule has 2 heterocycles. The molecule has 0 amide bonds. The van der Waals surface area contributed by atoms with E-state index in [1.54, 1.807) is 0 Å². The zero-order valence-electron chi connectivity index (χ0n) is 15.6. The number of nitrogens with zero attached hydrogens (tertiary/aromatic N) is 3. The summed E-state index contributed by atoms with van der Waals surface area (Å²) < 4.78 is 0. The third kappa shape index (κ3) is 5.87. The van der Waals surface area contributed by atoms with E-state index in [2.05, 4.69) is 75.0 Å². The van der Waals surface area contributed by atoms with Gasteiger partial charge in [-0.3, -0.25) is 4.99 Å². The summed E-state index contributed by atoms with van der Waals surface area (Å²) in [5, 5.41) is 5.71. The molecule has 26 heavy (non-hydrogen) atoms. The van der Waals surface area contributed by atoms with E-state index in [4.69, 9.17) is 0 Å². The molecule has 1 aromatic carbocycles. The minimum absolute atomic E-state index is 0. The highest BCUT2D eigenvalue weighted by atomic mass is 127. The van der Waals surface area contributed by atoms with E-state index in [-0.39, 0.29) is 24.0 Å². The molecule has 1 aromatic heterocycles. The number of hydrogen-bond donors (Lipinski definition) is 1. The Kier molecular flexibility index (Phi) is 8.71. The molecular formula is C20H29IN4S. The molecule has 142 valence electrons. The molecule has 3 rings (SSSR count). The number of thiophene rings is 1. The van der Waals surface area contributed by atoms with E-state index >= 15 is 0 Å². The van der Waals surface area contributed by atoms with Crippen molar-refractivity contribution in [2.75, 3.05) is 45.2 Å². The third-order valence-corrected chi connectivity index (χ3v) is 5.74. The lowest BCUT2D eigenvalue weighted by atomic mass is 10.1. The average Bonchev–Trinajstić information content (AvgIpc) is 3.33. The summed E-state index contributed by atoms with van der Waals surface area (Å²) in [5.74, 6) is 1.66. The molecule has 6 heteroatoms. The van der Waals surface area contributed by atoms with Crippen LogP contribution in [0.15, 0.2) is 52.8 Å². The number of guanidine groups is 1. The first-order valence-corrected chi connectivity index (χ1v) is 9.88. The molecule has 0 saturated carbocycles. The van der Waals surface area contributed by atoms with Crippen LogP contribution in [0.5, 0.6) is 0 Å². The number of nitrogens with one attached hydrogen (secondary N) is 1. The van der Waals surface area contributed by atoms with Crippen LogP contribution in [0.3, 0.4) is 0 Å². The maximum absolute atomic E-state index is 4.45. The van der Waals surface area contributed by atoms with Crippen molar-refractivity contribution in [3.8, 4) is 0 Å². The maximum Gasteiger partial charge on any atom is 0.193 e. The smallest absolute Gasteiger partial charge is 0.193 e. The monoisotopic (exact) mass is 484 g/mol. The first-order valence-electron chi connectivity index (χ1n) is 9.00. The Morgan fingerprint density at radius 3 is 2.77 bits per heavy atom. The van der Waals surface area contributed by atoms with E-state index in [1.165, 1.54) is 17.0 Å². The highest BCUT2D eigenvalue weighted by Gasteiger charge is 2.23. The second kappa shape index (κ2) is 10.8. The summed E-state index contributed by atoms with van der Waals surface area (Å²) in [7, 11) is 3.99. The van der Waals surface area contributed by atoms with Crippen molar-refractivity contribution in [1.82, 2.24) is 10.2 Å². The molecule has 0 aliphatic carbocycles. The van der Waals surface area contributed by atoms with Gasteiger partial charge in [0.25, 0.3) is 0 Å². The quantitative estimate of drug-likeness (QED) is 0.383. The minimum Gasteiger partial charge on any atom is -0.371 e. The molecule has 1 saturated heterocycles. The standard InChI is InChI=1S/C20H28N4S.HI/c1-21-20(23(2)12-11-19-9-6-14-25-19)22-15-17-10-13-24(16-17)18-7-4-3-5-8-18;/h3-9,14,17H,10-13,15-16H2,1-2H3,(H,21,22);1H. The van der Waals surface area contributed by atoms with Crippen molar-refractivity contribution in [2.24, 2.45) is 10.9 Å². The molecular weight excluding hydrogens is 455 g/mol. The predicted molar refractivity (Wildman–Crippen MR) is 124 cm³/mol. The SMILES string of the molecule is CN=C(NCC1CCN(c2ccccc2)C1)N(C)CCc1cccs1.I. The molecule has 4 nitrogen and oxygen atoms in total. The second-order valence-electron chi connectivity index (χ2n) is 6.62. The summed E-state index contributed by atoms with van der Waals surface area (Å²) in [4.78, 5) is 10.6. The van der Waals surface area contributed by atoms with Crippen LogP contribution in [-0.2, 0) is 6.42 Å². The zero-order valence-corrected chi connectivity index (χ0v) is 18.7. The summed E-state index contributed by atoms with van der Waals surface area (Å²) in [6.45, 7) is 4.23. The van der Waals surface area contributed by atoms with Crippen molar-refractivity contribution >= 4 is 47.0 Å². The molecule has 0 bridgehead atoms. The Morgan fingerprint density at radius 1 is 1.27 bits per heavy atom. The Bertz CT molecular complexity index is 660. The van der Waals surface area contributed by atoms with E-state index in [1.807, 2.05) is 18.4 Å². The number of benzene rings is 1. The van der Waals surface area contributed by atoms with Gasteiger partial charge in [-0.15, -0.1) is 35.3 Å². The van der Waals surface area contributed by atoms with Gasteiger partial charge < -0.3 is 15.1 Å². The number of halogens is 1. The van der Waals surface area contributed by atoms with Gasteiger partial charge >= 0.3 is 0 Å². The van der Waals surface area contributed by atoms with Gasteiger partial charge in [-0.1, -0.05) is 24.3 Å². The van der Waals surface area contributed by atoms with E-state index < -0.39 is 0 Å². The summed E-state index contributed by atoms with van der Waals surface area (Å²) in [5.41, 5.74) is 1.34. The van der Waals surface area contributed by atoms with Crippen molar-refractivity contribution in [1.29, 1.82) is 0 Å². The normalized spacial score (nSPS) is 17.1. The molecule has 1 unspecified atom stereocenters. The predicted octanol–water partition coefficient (Wildman–Crippen LogP) is 3.94. The van der Waals surface area contributed by atoms with Gasteiger partial charge in [-0.05, 0) is 42.3 Å². The van der Waals surface area contributed by atoms with Crippen LogP contribution in [0.25, 0.3) is 0 Å². The van der Waals surface area contributed by atoms with Crippen LogP contribution in [0.4, 0.5) is 5.69 Å². The Hall–Kier alpha value is -1.28. The fourth-order valence-electron chi connectivity index (χ4n) is 3.33. The highest BCUT2D eigenvalue weighted by molar-refractivity contribution is 14.0. The Balaban J connectivity index is 0.00000243. The van der Waals surface area contributed by atoms with Crippen LogP contribution in [-0.4, -0.2) is 51.1 Å². The number of hydrogen-bond acceptors (Lipinski definition) is 3. The summed E-state index contributed by atoms with van der Waals surface area (Å²) >= 11 is 1.82. The van der Waals surface area contributed by atoms with Gasteiger partial charge in [0.2, 0.25) is 0 Å². The van der Waals surface area contributed by atoms with Gasteiger partial charge in [0.1, 0.15) is 0 Å². The van der Waals surface area contributed by atoms with E-state index in [0.29, 0.717) is 5.92 Å². The first kappa shape index (κ1) is 21.0. The zero-order chi connectivity index (χ0) is 17.5. The minimum atomic E-state index is 0. The lowest BCUT2D eigenvalue weighted by molar-refractivity contribution is 0.471. The topological polar surface area (TPSA) is 30.9 Å². The molecule has 2 aromatic rings. The van der Waals surface area contributed by atoms with Gasteiger partial charge in [0.15, 0.2) is 5.96 Å². The van der Waals surface area contributed by atoms with Crippen LogP contribution in [0, 0.1) is 5.92 Å². The molecule has 1 atom stereocenters. The number of para-hydroxylation sites is 1. The fraction of sp³-hybridized carbons (Fsp3) is 0.450. The van der Waals surface area contributed by atoms with Gasteiger partial charge in [0.05, 0.1) is 0 Å². The molecule has 1 N–H and O–H groups in total. The second-order valence-corrected chi connectivity index (χ2v) is 7.65. The number of rotatable bonds is 6. The molecule has 0 radical (unpaired) electrons. The molecule has 0 spiro atoms. The number of anilines is 1. The van der Waals surface area contributed by atoms with Crippen molar-refractivity contribution in [2.45, 2.75) is 12.8 Å². The lowest BCUT2D eigenvalue weighted by Crippen LogP contribution is -2.42. The lowest BCUT2D eigenvalue weighted by Gasteiger charge is -2.23. The van der Waals surface area contributed by atoms with Crippen LogP contribution < -0.4 is 10.2 Å². The Labute approximate surface area is 178 Å². The van der Waals surface area contributed by atoms with Gasteiger partial charge in [-0.2, -0.15) is 0 Å². The van der Waals surface area contributed by atoms with Gasteiger partial charge in [-0.25, -0.2) is 0 Å². The number of aliphatic imine (C=N–C) groups is 1. The molecule has 1 aliphatic rings. The fourth-order valence-corrected chi connectivity index (χ4v) is 4.03. The Morgan fingerprint density at radius 2 is 2.08 bits per heavy atom. The van der Waals surface area contributed by atoms with Crippen LogP contribution in [0.1, 0.15) is 11.3 Å². The summed E-state index contributed by atoms with van der Waals surface area (Å²) in [6.07, 6.45) is 2.30. The summed E-state index contributed by atoms with van der Waals surface area (Å²) in [6, 6.07) is 15.0. The first-order chi connectivity index (χ1) is 12.3. The van der Waals surface area contributed by atoms with Crippen molar-refractivity contribution in [3.63, 3.8) is 0 Å². The third-order valence-electron chi connectivity index (χ3n) is 4.80.